The van der Waals surface area contributed by atoms with E-state index >= 15 is 0 Å². The maximum Gasteiger partial charge on any atom is 0.185 e. The molecule has 1 aliphatic carbocycles. The van der Waals surface area contributed by atoms with Gasteiger partial charge in [-0.3, -0.25) is 4.79 Å². The largest absolute Gasteiger partial charge is 0.319 e. The van der Waals surface area contributed by atoms with E-state index in [2.05, 4.69) is 0 Å². The van der Waals surface area contributed by atoms with Crippen LogP contribution in [0.4, 0.5) is 4.39 Å². The number of halogens is 1. The van der Waals surface area contributed by atoms with Crippen LogP contribution in [0.5, 0.6) is 0 Å². The smallest absolute Gasteiger partial charge is 0.185 e. The number of hydrogen-bond donors (Lipinski definition) is 1. The zero-order valence-electron chi connectivity index (χ0n) is 10.1. The van der Waals surface area contributed by atoms with Crippen LogP contribution in [0.1, 0.15) is 48.0 Å². The van der Waals surface area contributed by atoms with Crippen molar-refractivity contribution in [2.45, 2.75) is 44.6 Å². The quantitative estimate of drug-likeness (QED) is 0.801. The highest BCUT2D eigenvalue weighted by Gasteiger charge is 2.36. The van der Waals surface area contributed by atoms with Crippen LogP contribution in [0.2, 0.25) is 0 Å². The molecule has 2 rings (SSSR count). The predicted octanol–water partition coefficient (Wildman–Crippen LogP) is 2.98. The van der Waals surface area contributed by atoms with Crippen molar-refractivity contribution in [3.05, 3.63) is 35.1 Å². The van der Waals surface area contributed by atoms with E-state index in [1.54, 1.807) is 12.1 Å². The first-order valence-electron chi connectivity index (χ1n) is 6.13. The summed E-state index contributed by atoms with van der Waals surface area (Å²) >= 11 is 0. The SMILES string of the molecule is Cc1ccc(F)c(C(=O)C2(N)CCCCC2)c1. The second-order valence-electron chi connectivity index (χ2n) is 5.03. The number of nitrogens with two attached hydrogens (primary N) is 1. The summed E-state index contributed by atoms with van der Waals surface area (Å²) in [6.07, 6.45) is 4.35. The van der Waals surface area contributed by atoms with Crippen LogP contribution in [0, 0.1) is 12.7 Å². The van der Waals surface area contributed by atoms with E-state index in [1.807, 2.05) is 6.92 Å². The molecule has 0 amide bonds. The van der Waals surface area contributed by atoms with Gasteiger partial charge in [-0.2, -0.15) is 0 Å². The Bertz CT molecular complexity index is 436. The lowest BCUT2D eigenvalue weighted by Gasteiger charge is -2.32. The van der Waals surface area contributed by atoms with Crippen LogP contribution in [-0.2, 0) is 0 Å². The number of Topliss-reactive ketones (excluding diaryl/α,β-unsaturated/α-hetero) is 1. The predicted molar refractivity (Wildman–Crippen MR) is 65.5 cm³/mol. The molecule has 0 radical (unpaired) electrons. The maximum atomic E-state index is 13.7. The van der Waals surface area contributed by atoms with Crippen molar-refractivity contribution in [3.63, 3.8) is 0 Å². The van der Waals surface area contributed by atoms with Gasteiger partial charge in [-0.15, -0.1) is 0 Å². The van der Waals surface area contributed by atoms with Crippen molar-refractivity contribution in [2.75, 3.05) is 0 Å². The first-order chi connectivity index (χ1) is 8.03. The third-order valence-electron chi connectivity index (χ3n) is 3.56. The Balaban J connectivity index is 2.32. The summed E-state index contributed by atoms with van der Waals surface area (Å²) in [5, 5.41) is 0. The summed E-state index contributed by atoms with van der Waals surface area (Å²) in [5.74, 6) is -0.700. The van der Waals surface area contributed by atoms with Crippen LogP contribution in [-0.4, -0.2) is 11.3 Å². The number of ketones is 1. The third kappa shape index (κ3) is 2.39. The lowest BCUT2D eigenvalue weighted by molar-refractivity contribution is 0.0843. The molecule has 0 aromatic heterocycles. The first kappa shape index (κ1) is 12.2. The molecule has 0 unspecified atom stereocenters. The Morgan fingerprint density at radius 3 is 2.59 bits per heavy atom. The summed E-state index contributed by atoms with van der Waals surface area (Å²) in [5.41, 5.74) is 6.31. The molecule has 1 saturated carbocycles. The fraction of sp³-hybridized carbons (Fsp3) is 0.500. The normalized spacial score (nSPS) is 19.0. The molecular formula is C14H18FNO. The monoisotopic (exact) mass is 235 g/mol. The molecule has 1 aliphatic rings. The van der Waals surface area contributed by atoms with E-state index in [9.17, 15) is 9.18 Å². The molecule has 92 valence electrons. The highest BCUT2D eigenvalue weighted by molar-refractivity contribution is 6.03. The van der Waals surface area contributed by atoms with Crippen molar-refractivity contribution in [1.29, 1.82) is 0 Å². The molecule has 1 aromatic rings. The van der Waals surface area contributed by atoms with E-state index < -0.39 is 11.4 Å². The van der Waals surface area contributed by atoms with Gasteiger partial charge in [-0.25, -0.2) is 4.39 Å². The molecule has 0 saturated heterocycles. The van der Waals surface area contributed by atoms with E-state index in [1.165, 1.54) is 6.07 Å². The molecule has 0 aliphatic heterocycles. The van der Waals surface area contributed by atoms with Gasteiger partial charge in [0.15, 0.2) is 5.78 Å². The van der Waals surface area contributed by atoms with Gasteiger partial charge in [-0.1, -0.05) is 30.9 Å². The average Bonchev–Trinajstić information content (AvgIpc) is 2.32. The summed E-state index contributed by atoms with van der Waals surface area (Å²) in [7, 11) is 0. The van der Waals surface area contributed by atoms with Crippen molar-refractivity contribution >= 4 is 5.78 Å². The highest BCUT2D eigenvalue weighted by atomic mass is 19.1. The van der Waals surface area contributed by atoms with Crippen molar-refractivity contribution in [3.8, 4) is 0 Å². The molecule has 0 heterocycles. The van der Waals surface area contributed by atoms with Crippen molar-refractivity contribution in [1.82, 2.24) is 0 Å². The van der Waals surface area contributed by atoms with Gasteiger partial charge in [0.2, 0.25) is 0 Å². The highest BCUT2D eigenvalue weighted by Crippen LogP contribution is 2.30. The van der Waals surface area contributed by atoms with Crippen LogP contribution in [0.3, 0.4) is 0 Å². The standard InChI is InChI=1S/C14H18FNO/c1-10-5-6-12(15)11(9-10)13(17)14(16)7-3-2-4-8-14/h5-6,9H,2-4,7-8,16H2,1H3. The van der Waals surface area contributed by atoms with Crippen LogP contribution >= 0.6 is 0 Å². The summed E-state index contributed by atoms with van der Waals surface area (Å²) in [6.45, 7) is 1.85. The molecule has 1 fully saturated rings. The van der Waals surface area contributed by atoms with Crippen LogP contribution in [0.15, 0.2) is 18.2 Å². The zero-order valence-corrected chi connectivity index (χ0v) is 10.1. The Kier molecular flexibility index (Phi) is 3.29. The van der Waals surface area contributed by atoms with Crippen molar-refractivity contribution in [2.24, 2.45) is 5.73 Å². The number of hydrogen-bond acceptors (Lipinski definition) is 2. The van der Waals surface area contributed by atoms with Gasteiger partial charge >= 0.3 is 0 Å². The van der Waals surface area contributed by atoms with Crippen molar-refractivity contribution < 1.29 is 9.18 Å². The molecular weight excluding hydrogens is 217 g/mol. The third-order valence-corrected chi connectivity index (χ3v) is 3.56. The van der Waals surface area contributed by atoms with E-state index in [0.717, 1.165) is 24.8 Å². The van der Waals surface area contributed by atoms with Crippen LogP contribution < -0.4 is 5.73 Å². The molecule has 3 heteroatoms. The topological polar surface area (TPSA) is 43.1 Å². The molecule has 17 heavy (non-hydrogen) atoms. The lowest BCUT2D eigenvalue weighted by atomic mass is 9.77. The summed E-state index contributed by atoms with van der Waals surface area (Å²) in [4.78, 5) is 12.3. The molecule has 1 aromatic carbocycles. The average molecular weight is 235 g/mol. The van der Waals surface area contributed by atoms with Gasteiger partial charge < -0.3 is 5.73 Å². The van der Waals surface area contributed by atoms with E-state index in [4.69, 9.17) is 5.73 Å². The minimum absolute atomic E-state index is 0.148. The number of aryl methyl sites for hydroxylation is 1. The Morgan fingerprint density at radius 1 is 1.29 bits per heavy atom. The fourth-order valence-corrected chi connectivity index (χ4v) is 2.49. The fourth-order valence-electron chi connectivity index (χ4n) is 2.49. The second-order valence-corrected chi connectivity index (χ2v) is 5.03. The Labute approximate surface area is 101 Å². The van der Waals surface area contributed by atoms with Gasteiger partial charge in [0.25, 0.3) is 0 Å². The molecule has 0 bridgehead atoms. The van der Waals surface area contributed by atoms with Gasteiger partial charge in [-0.05, 0) is 31.9 Å². The zero-order chi connectivity index (χ0) is 12.5. The molecule has 0 atom stereocenters. The molecule has 2 N–H and O–H groups in total. The van der Waals surface area contributed by atoms with Gasteiger partial charge in [0.1, 0.15) is 5.82 Å². The Morgan fingerprint density at radius 2 is 1.94 bits per heavy atom. The number of benzene rings is 1. The minimum atomic E-state index is -0.854. The maximum absolute atomic E-state index is 13.7. The number of carbonyl (C=O) groups excluding carboxylic acids is 1. The van der Waals surface area contributed by atoms with Gasteiger partial charge in [0.05, 0.1) is 11.1 Å². The lowest BCUT2D eigenvalue weighted by Crippen LogP contribution is -2.49. The summed E-state index contributed by atoms with van der Waals surface area (Å²) in [6, 6.07) is 4.60. The van der Waals surface area contributed by atoms with E-state index in [-0.39, 0.29) is 11.3 Å². The van der Waals surface area contributed by atoms with Crippen LogP contribution in [0.25, 0.3) is 0 Å². The Hall–Kier alpha value is -1.22. The second kappa shape index (κ2) is 4.57. The number of rotatable bonds is 2. The minimum Gasteiger partial charge on any atom is -0.319 e. The first-order valence-corrected chi connectivity index (χ1v) is 6.13. The number of carbonyl (C=O) groups is 1. The van der Waals surface area contributed by atoms with Gasteiger partial charge in [0, 0.05) is 0 Å². The molecule has 2 nitrogen and oxygen atoms in total. The summed E-state index contributed by atoms with van der Waals surface area (Å²) < 4.78 is 13.7. The molecule has 0 spiro atoms. The van der Waals surface area contributed by atoms with E-state index in [0.29, 0.717) is 12.8 Å².